The second-order valence-corrected chi connectivity index (χ2v) is 3.67. The molecule has 2 atom stereocenters. The Morgan fingerprint density at radius 1 is 0.889 bits per heavy atom. The molecule has 0 saturated carbocycles. The Bertz CT molecular complexity index is 384. The van der Waals surface area contributed by atoms with Gasteiger partial charge in [0.2, 0.25) is 0 Å². The van der Waals surface area contributed by atoms with Crippen LogP contribution in [0.5, 0.6) is 11.5 Å². The van der Waals surface area contributed by atoms with Gasteiger partial charge in [-0.2, -0.15) is 0 Å². The monoisotopic (exact) mass is 254 g/mol. The first-order valence-corrected chi connectivity index (χ1v) is 5.29. The molecule has 18 heavy (non-hydrogen) atoms. The van der Waals surface area contributed by atoms with Gasteiger partial charge in [-0.15, -0.1) is 0 Å². The van der Waals surface area contributed by atoms with E-state index >= 15 is 0 Å². The molecule has 0 fully saturated rings. The molecule has 1 aromatic rings. The Hall–Kier alpha value is -2.24. The summed E-state index contributed by atoms with van der Waals surface area (Å²) >= 11 is 0. The van der Waals surface area contributed by atoms with Gasteiger partial charge in [0.15, 0.2) is 12.2 Å². The van der Waals surface area contributed by atoms with E-state index in [4.69, 9.17) is 19.7 Å². The van der Waals surface area contributed by atoms with Crippen LogP contribution in [0.3, 0.4) is 0 Å². The first-order chi connectivity index (χ1) is 8.40. The molecule has 1 aromatic carbocycles. The maximum Gasteiger partial charge on any atom is 0.344 e. The second kappa shape index (κ2) is 5.90. The first-order valence-electron chi connectivity index (χ1n) is 5.29. The number of rotatable bonds is 6. The summed E-state index contributed by atoms with van der Waals surface area (Å²) in [5.74, 6) is -1.37. The van der Waals surface area contributed by atoms with Crippen LogP contribution in [-0.2, 0) is 9.59 Å². The van der Waals surface area contributed by atoms with Crippen LogP contribution in [0.15, 0.2) is 24.3 Å². The van der Waals surface area contributed by atoms with Gasteiger partial charge in [-0.05, 0) is 38.1 Å². The van der Waals surface area contributed by atoms with Crippen molar-refractivity contribution in [3.63, 3.8) is 0 Å². The van der Waals surface area contributed by atoms with Crippen LogP contribution >= 0.6 is 0 Å². The predicted octanol–water partition coefficient (Wildman–Crippen LogP) is 1.39. The summed E-state index contributed by atoms with van der Waals surface area (Å²) in [6, 6.07) is 6.07. The summed E-state index contributed by atoms with van der Waals surface area (Å²) in [4.78, 5) is 21.2. The molecule has 0 saturated heterocycles. The van der Waals surface area contributed by atoms with Crippen molar-refractivity contribution in [3.8, 4) is 11.5 Å². The summed E-state index contributed by atoms with van der Waals surface area (Å²) in [5.41, 5.74) is 0. The molecule has 0 aliphatic rings. The molecule has 98 valence electrons. The lowest BCUT2D eigenvalue weighted by Gasteiger charge is -2.12. The molecular formula is C12H14O6. The number of carbonyl (C=O) groups is 2. The molecule has 0 amide bonds. The highest BCUT2D eigenvalue weighted by molar-refractivity contribution is 5.72. The first kappa shape index (κ1) is 13.8. The number of ether oxygens (including phenoxy) is 2. The smallest absolute Gasteiger partial charge is 0.344 e. The lowest BCUT2D eigenvalue weighted by molar-refractivity contribution is -0.145. The molecule has 0 heterocycles. The largest absolute Gasteiger partial charge is 0.479 e. The minimum Gasteiger partial charge on any atom is -0.479 e. The van der Waals surface area contributed by atoms with Crippen molar-refractivity contribution in [2.24, 2.45) is 0 Å². The third kappa shape index (κ3) is 3.97. The average Bonchev–Trinajstić information content (AvgIpc) is 2.31. The van der Waals surface area contributed by atoms with Crippen LogP contribution in [0.25, 0.3) is 0 Å². The number of hydrogen-bond donors (Lipinski definition) is 2. The van der Waals surface area contributed by atoms with E-state index in [9.17, 15) is 9.59 Å². The Morgan fingerprint density at radius 3 is 1.39 bits per heavy atom. The van der Waals surface area contributed by atoms with Gasteiger partial charge in [0, 0.05) is 0 Å². The van der Waals surface area contributed by atoms with Crippen molar-refractivity contribution in [2.75, 3.05) is 0 Å². The topological polar surface area (TPSA) is 93.1 Å². The fourth-order valence-electron chi connectivity index (χ4n) is 1.11. The Labute approximate surface area is 104 Å². The fourth-order valence-corrected chi connectivity index (χ4v) is 1.11. The van der Waals surface area contributed by atoms with Gasteiger partial charge < -0.3 is 19.7 Å². The van der Waals surface area contributed by atoms with E-state index in [2.05, 4.69) is 0 Å². The summed E-state index contributed by atoms with van der Waals surface area (Å²) in [7, 11) is 0. The number of carboxylic acids is 2. The van der Waals surface area contributed by atoms with Gasteiger partial charge in [0.05, 0.1) is 0 Å². The minimum absolute atomic E-state index is 0.375. The quantitative estimate of drug-likeness (QED) is 0.796. The van der Waals surface area contributed by atoms with Gasteiger partial charge in [-0.1, -0.05) is 0 Å². The lowest BCUT2D eigenvalue weighted by Crippen LogP contribution is -2.23. The number of hydrogen-bond acceptors (Lipinski definition) is 4. The molecule has 0 aliphatic carbocycles. The van der Waals surface area contributed by atoms with Gasteiger partial charge >= 0.3 is 11.9 Å². The molecule has 0 radical (unpaired) electrons. The standard InChI is InChI=1S/C12H14O6/c1-7(11(13)14)17-9-3-5-10(6-4-9)18-8(2)12(15)16/h3-8H,1-2H3,(H,13,14)(H,15,16)/t7-,8-/m0/s1. The zero-order valence-corrected chi connectivity index (χ0v) is 9.99. The zero-order valence-electron chi connectivity index (χ0n) is 9.99. The highest BCUT2D eigenvalue weighted by atomic mass is 16.5. The van der Waals surface area contributed by atoms with E-state index in [0.717, 1.165) is 0 Å². The van der Waals surface area contributed by atoms with Crippen molar-refractivity contribution < 1.29 is 29.3 Å². The minimum atomic E-state index is -1.06. The van der Waals surface area contributed by atoms with Crippen LogP contribution in [0.2, 0.25) is 0 Å². The molecule has 0 aromatic heterocycles. The van der Waals surface area contributed by atoms with E-state index in [1.165, 1.54) is 38.1 Å². The second-order valence-electron chi connectivity index (χ2n) is 3.67. The third-order valence-electron chi connectivity index (χ3n) is 2.14. The molecule has 6 heteroatoms. The van der Waals surface area contributed by atoms with Gasteiger partial charge in [0.25, 0.3) is 0 Å². The number of benzene rings is 1. The predicted molar refractivity (Wildman–Crippen MR) is 61.9 cm³/mol. The molecule has 2 N–H and O–H groups in total. The van der Waals surface area contributed by atoms with Gasteiger partial charge in [-0.3, -0.25) is 0 Å². The van der Waals surface area contributed by atoms with Crippen molar-refractivity contribution in [1.29, 1.82) is 0 Å². The Balaban J connectivity index is 2.63. The maximum atomic E-state index is 10.6. The number of aliphatic carboxylic acids is 2. The molecule has 6 nitrogen and oxygen atoms in total. The van der Waals surface area contributed by atoms with Crippen LogP contribution in [-0.4, -0.2) is 34.4 Å². The molecular weight excluding hydrogens is 240 g/mol. The summed E-state index contributed by atoms with van der Waals surface area (Å²) < 4.78 is 10.2. The van der Waals surface area contributed by atoms with Crippen molar-refractivity contribution in [2.45, 2.75) is 26.1 Å². The summed E-state index contributed by atoms with van der Waals surface area (Å²) in [5, 5.41) is 17.3. The Kier molecular flexibility index (Phi) is 4.53. The van der Waals surface area contributed by atoms with Crippen LogP contribution in [0.1, 0.15) is 13.8 Å². The van der Waals surface area contributed by atoms with Crippen molar-refractivity contribution >= 4 is 11.9 Å². The third-order valence-corrected chi connectivity index (χ3v) is 2.14. The lowest BCUT2D eigenvalue weighted by atomic mass is 10.3. The van der Waals surface area contributed by atoms with E-state index in [-0.39, 0.29) is 0 Å². The maximum absolute atomic E-state index is 10.6. The zero-order chi connectivity index (χ0) is 13.7. The van der Waals surface area contributed by atoms with E-state index in [0.29, 0.717) is 11.5 Å². The van der Waals surface area contributed by atoms with Crippen LogP contribution in [0, 0.1) is 0 Å². The Morgan fingerprint density at radius 2 is 1.17 bits per heavy atom. The van der Waals surface area contributed by atoms with Gasteiger partial charge in [0.1, 0.15) is 11.5 Å². The highest BCUT2D eigenvalue weighted by Crippen LogP contribution is 2.19. The number of carboxylic acid groups (broad SMARTS) is 2. The van der Waals surface area contributed by atoms with E-state index in [1.807, 2.05) is 0 Å². The fraction of sp³-hybridized carbons (Fsp3) is 0.333. The van der Waals surface area contributed by atoms with Crippen molar-refractivity contribution in [3.05, 3.63) is 24.3 Å². The summed E-state index contributed by atoms with van der Waals surface area (Å²) in [6.45, 7) is 2.83. The van der Waals surface area contributed by atoms with Gasteiger partial charge in [-0.25, -0.2) is 9.59 Å². The van der Waals surface area contributed by atoms with Crippen LogP contribution in [0.4, 0.5) is 0 Å². The normalized spacial score (nSPS) is 13.4. The van der Waals surface area contributed by atoms with E-state index in [1.54, 1.807) is 0 Å². The highest BCUT2D eigenvalue weighted by Gasteiger charge is 2.14. The van der Waals surface area contributed by atoms with E-state index < -0.39 is 24.1 Å². The average molecular weight is 254 g/mol. The SMILES string of the molecule is C[C@H](Oc1ccc(O[C@@H](C)C(=O)O)cc1)C(=O)O. The van der Waals surface area contributed by atoms with Crippen LogP contribution < -0.4 is 9.47 Å². The van der Waals surface area contributed by atoms with Crippen molar-refractivity contribution in [1.82, 2.24) is 0 Å². The molecule has 0 unspecified atom stereocenters. The summed E-state index contributed by atoms with van der Waals surface area (Å²) in [6.07, 6.45) is -1.90. The molecule has 0 spiro atoms. The molecule has 1 rings (SSSR count). The molecule has 0 aliphatic heterocycles. The molecule has 0 bridgehead atoms.